The topological polar surface area (TPSA) is 133 Å². The van der Waals surface area contributed by atoms with Crippen molar-refractivity contribution in [3.8, 4) is 11.5 Å². The molecule has 2 atom stereocenters. The molecule has 0 saturated carbocycles. The van der Waals surface area contributed by atoms with Gasteiger partial charge in [-0.3, -0.25) is 19.2 Å². The van der Waals surface area contributed by atoms with Crippen LogP contribution in [0, 0.1) is 0 Å². The summed E-state index contributed by atoms with van der Waals surface area (Å²) in [6.07, 6.45) is 3.67. The van der Waals surface area contributed by atoms with Crippen LogP contribution in [0.1, 0.15) is 33.5 Å². The molecule has 0 radical (unpaired) electrons. The largest absolute Gasteiger partial charge is 0.508 e. The summed E-state index contributed by atoms with van der Waals surface area (Å²) in [5.74, 6) is -0.415. The van der Waals surface area contributed by atoms with Crippen LogP contribution in [0.3, 0.4) is 0 Å². The Balaban J connectivity index is 1.09. The number of phenolic OH excluding ortho intramolecular Hbond substituents is 2. The molecule has 0 spiro atoms. The van der Waals surface area contributed by atoms with Gasteiger partial charge >= 0.3 is 0 Å². The molecule has 4 amide bonds. The zero-order chi connectivity index (χ0) is 41.2. The molecular formula is C46H49N7O6. The maximum atomic E-state index is 14.7. The number of phenols is 2. The molecule has 13 heteroatoms. The number of amides is 4. The number of carbonyl (C=O) groups is 4. The number of anilines is 1. The number of hydrogen-bond acceptors (Lipinski definition) is 8. The van der Waals surface area contributed by atoms with E-state index in [-0.39, 0.29) is 74.1 Å². The fraction of sp³-hybridized carbons (Fsp3) is 0.304. The minimum absolute atomic E-state index is 0.0653. The van der Waals surface area contributed by atoms with Gasteiger partial charge < -0.3 is 34.4 Å². The molecule has 4 heterocycles. The van der Waals surface area contributed by atoms with Crippen LogP contribution in [-0.2, 0) is 40.8 Å². The molecular weight excluding hydrogens is 747 g/mol. The predicted octanol–water partition coefficient (Wildman–Crippen LogP) is 4.54. The van der Waals surface area contributed by atoms with Gasteiger partial charge in [-0.1, -0.05) is 66.7 Å². The Kier molecular flexibility index (Phi) is 11.1. The first-order valence-corrected chi connectivity index (χ1v) is 20.1. The van der Waals surface area contributed by atoms with Crippen LogP contribution in [0.25, 0.3) is 10.9 Å². The van der Waals surface area contributed by atoms with E-state index in [2.05, 4.69) is 11.5 Å². The molecule has 5 aromatic rings. The minimum Gasteiger partial charge on any atom is -0.508 e. The summed E-state index contributed by atoms with van der Waals surface area (Å²) in [6, 6.07) is 28.4. The van der Waals surface area contributed by atoms with Crippen LogP contribution in [0.4, 0.5) is 5.69 Å². The molecule has 3 fully saturated rings. The molecule has 8 rings (SSSR count). The maximum Gasteiger partial charge on any atom is 0.256 e. The van der Waals surface area contributed by atoms with Crippen LogP contribution >= 0.6 is 0 Å². The number of para-hydroxylation sites is 1. The van der Waals surface area contributed by atoms with Crippen LogP contribution in [-0.4, -0.2) is 121 Å². The highest BCUT2D eigenvalue weighted by Crippen LogP contribution is 2.33. The average Bonchev–Trinajstić information content (AvgIpc) is 3.59. The normalized spacial score (nSPS) is 18.7. The number of aromatic nitrogens is 1. The molecule has 3 aliphatic rings. The third-order valence-corrected chi connectivity index (χ3v) is 11.7. The van der Waals surface area contributed by atoms with Crippen LogP contribution in [0.5, 0.6) is 11.5 Å². The van der Waals surface area contributed by atoms with Crippen molar-refractivity contribution in [2.45, 2.75) is 38.0 Å². The molecule has 2 N–H and O–H groups in total. The Hall–Kier alpha value is -6.60. The number of hydrogen-bond donors (Lipinski definition) is 2. The van der Waals surface area contributed by atoms with Crippen LogP contribution in [0.2, 0.25) is 0 Å². The predicted molar refractivity (Wildman–Crippen MR) is 224 cm³/mol. The molecule has 1 aromatic heterocycles. The van der Waals surface area contributed by atoms with E-state index >= 15 is 0 Å². The SMILES string of the molecule is C=CCN1CC(=O)N2[C@@H](Cc3ccc(O)cc3)C(=O)N(Cc3cccc4c(C(=O)N5CCN(c6ccc(O)cc6)CC5)cn(C)c34)C[C@@H]2N1C(=O)CCc1ccccc1. The lowest BCUT2D eigenvalue weighted by Gasteiger charge is -2.55. The van der Waals surface area contributed by atoms with Gasteiger partial charge in [0, 0.05) is 76.4 Å². The lowest BCUT2D eigenvalue weighted by molar-refractivity contribution is -0.205. The first-order chi connectivity index (χ1) is 28.6. The van der Waals surface area contributed by atoms with Gasteiger partial charge in [-0.2, -0.15) is 0 Å². The summed E-state index contributed by atoms with van der Waals surface area (Å²) in [4.78, 5) is 64.7. The van der Waals surface area contributed by atoms with Gasteiger partial charge in [-0.15, -0.1) is 6.58 Å². The van der Waals surface area contributed by atoms with Crippen molar-refractivity contribution in [3.05, 3.63) is 138 Å². The molecule has 13 nitrogen and oxygen atoms in total. The number of hydrazine groups is 1. The highest BCUT2D eigenvalue weighted by atomic mass is 16.3. The van der Waals surface area contributed by atoms with E-state index in [0.29, 0.717) is 38.2 Å². The molecule has 0 bridgehead atoms. The molecule has 0 aliphatic carbocycles. The summed E-state index contributed by atoms with van der Waals surface area (Å²) in [7, 11) is 1.90. The van der Waals surface area contributed by atoms with Gasteiger partial charge in [0.1, 0.15) is 23.7 Å². The number of benzene rings is 4. The lowest BCUT2D eigenvalue weighted by atomic mass is 9.97. The number of rotatable bonds is 11. The summed E-state index contributed by atoms with van der Waals surface area (Å²) < 4.78 is 1.94. The van der Waals surface area contributed by atoms with E-state index in [1.807, 2.05) is 83.4 Å². The number of nitrogens with zero attached hydrogens (tertiary/aromatic N) is 7. The van der Waals surface area contributed by atoms with Crippen molar-refractivity contribution < 1.29 is 29.4 Å². The smallest absolute Gasteiger partial charge is 0.256 e. The Morgan fingerprint density at radius 3 is 2.22 bits per heavy atom. The van der Waals surface area contributed by atoms with Gasteiger partial charge in [0.2, 0.25) is 17.7 Å². The first kappa shape index (κ1) is 39.2. The van der Waals surface area contributed by atoms with Gasteiger partial charge in [0.25, 0.3) is 5.91 Å². The lowest BCUT2D eigenvalue weighted by Crippen LogP contribution is -2.75. The standard InChI is InChI=1S/C46H49N7O6/c1-3-22-51-31-43(57)52-40(27-33-12-17-36(54)18-13-33)46(59)50(30-41(52)53(51)42(56)21-14-32-8-5-4-6-9-32)28-34-10-7-11-38-39(29-47(2)44(34)38)45(58)49-25-23-48(24-26-49)35-15-19-37(55)20-16-35/h3-13,15-20,29,40-41,54-55H,1,14,21-28,30-31H2,2H3/t40-,41-/m0/s1. The number of carbonyl (C=O) groups excluding carboxylic acids is 4. The molecule has 0 unspecified atom stereocenters. The fourth-order valence-electron chi connectivity index (χ4n) is 8.83. The quantitative estimate of drug-likeness (QED) is 0.187. The van der Waals surface area contributed by atoms with Crippen molar-refractivity contribution in [3.63, 3.8) is 0 Å². The highest BCUT2D eigenvalue weighted by Gasteiger charge is 2.51. The van der Waals surface area contributed by atoms with E-state index in [0.717, 1.165) is 33.3 Å². The Morgan fingerprint density at radius 2 is 1.53 bits per heavy atom. The van der Waals surface area contributed by atoms with Crippen molar-refractivity contribution in [2.75, 3.05) is 50.7 Å². The molecule has 3 aliphatic heterocycles. The summed E-state index contributed by atoms with van der Waals surface area (Å²) >= 11 is 0. The molecule has 3 saturated heterocycles. The zero-order valence-corrected chi connectivity index (χ0v) is 33.2. The van der Waals surface area contributed by atoms with E-state index in [4.69, 9.17) is 0 Å². The van der Waals surface area contributed by atoms with Gasteiger partial charge in [-0.25, -0.2) is 10.0 Å². The second-order valence-corrected chi connectivity index (χ2v) is 15.5. The number of fused-ring (bicyclic) bond motifs is 2. The summed E-state index contributed by atoms with van der Waals surface area (Å²) in [5, 5.41) is 23.9. The minimum atomic E-state index is -0.911. The van der Waals surface area contributed by atoms with Crippen molar-refractivity contribution in [1.29, 1.82) is 0 Å². The maximum absolute atomic E-state index is 14.7. The van der Waals surface area contributed by atoms with E-state index < -0.39 is 12.2 Å². The molecule has 59 heavy (non-hydrogen) atoms. The Morgan fingerprint density at radius 1 is 0.831 bits per heavy atom. The summed E-state index contributed by atoms with van der Waals surface area (Å²) in [6.45, 7) is 6.77. The van der Waals surface area contributed by atoms with Gasteiger partial charge in [-0.05, 0) is 59.5 Å². The molecule has 304 valence electrons. The summed E-state index contributed by atoms with van der Waals surface area (Å²) in [5.41, 5.74) is 5.03. The Bertz CT molecular complexity index is 2360. The third kappa shape index (κ3) is 7.98. The van der Waals surface area contributed by atoms with E-state index in [1.165, 1.54) is 0 Å². The number of aromatic hydroxyl groups is 2. The van der Waals surface area contributed by atoms with Crippen LogP contribution < -0.4 is 4.90 Å². The second kappa shape index (κ2) is 16.7. The van der Waals surface area contributed by atoms with Crippen molar-refractivity contribution in [1.82, 2.24) is 29.3 Å². The second-order valence-electron chi connectivity index (χ2n) is 15.5. The zero-order valence-electron chi connectivity index (χ0n) is 33.2. The third-order valence-electron chi connectivity index (χ3n) is 11.7. The highest BCUT2D eigenvalue weighted by molar-refractivity contribution is 6.08. The van der Waals surface area contributed by atoms with Crippen molar-refractivity contribution >= 4 is 40.2 Å². The first-order valence-electron chi connectivity index (χ1n) is 20.1. The average molecular weight is 796 g/mol. The number of piperazine rings is 2. The fourth-order valence-corrected chi connectivity index (χ4v) is 8.83. The monoisotopic (exact) mass is 795 g/mol. The number of aryl methyl sites for hydroxylation is 2. The van der Waals surface area contributed by atoms with Crippen molar-refractivity contribution in [2.24, 2.45) is 7.05 Å². The van der Waals surface area contributed by atoms with E-state index in [1.54, 1.807) is 62.3 Å². The van der Waals surface area contributed by atoms with Gasteiger partial charge in [0.15, 0.2) is 0 Å². The Labute approximate surface area is 343 Å². The van der Waals surface area contributed by atoms with Crippen LogP contribution in [0.15, 0.2) is 116 Å². The molecule has 4 aromatic carbocycles. The van der Waals surface area contributed by atoms with E-state index in [9.17, 15) is 29.4 Å². The van der Waals surface area contributed by atoms with Gasteiger partial charge in [0.05, 0.1) is 24.2 Å².